The number of nitrogens with one attached hydrogen (secondary N) is 1. The fourth-order valence-corrected chi connectivity index (χ4v) is 2.87. The molecule has 0 fully saturated rings. The van der Waals surface area contributed by atoms with Crippen LogP contribution in [-0.4, -0.2) is 41.9 Å². The SMILES string of the molecule is C=C.C=CCC(C)C(C)(C)C.CCC(=O)OC.NCC1=C/CNc2nccnc2SC/C=C\1. The summed E-state index contributed by atoms with van der Waals surface area (Å²) in [6.07, 6.45) is 13.2. The van der Waals surface area contributed by atoms with Crippen LogP contribution in [0.4, 0.5) is 5.82 Å². The van der Waals surface area contributed by atoms with Crippen molar-refractivity contribution in [3.8, 4) is 0 Å². The number of fused-ring (bicyclic) bond motifs is 1. The average molecular weight is 477 g/mol. The minimum Gasteiger partial charge on any atom is -0.469 e. The van der Waals surface area contributed by atoms with Crippen LogP contribution in [0.15, 0.2) is 67.0 Å². The number of anilines is 1. The molecule has 1 aromatic heterocycles. The highest BCUT2D eigenvalue weighted by atomic mass is 32.2. The summed E-state index contributed by atoms with van der Waals surface area (Å²) < 4.78 is 4.26. The second kappa shape index (κ2) is 20.2. The van der Waals surface area contributed by atoms with E-state index in [9.17, 15) is 4.79 Å². The first-order valence-corrected chi connectivity index (χ1v) is 12.1. The van der Waals surface area contributed by atoms with E-state index < -0.39 is 0 Å². The van der Waals surface area contributed by atoms with E-state index in [1.165, 1.54) is 7.11 Å². The molecule has 1 unspecified atom stereocenters. The second-order valence-corrected chi connectivity index (χ2v) is 9.02. The van der Waals surface area contributed by atoms with Gasteiger partial charge in [-0.05, 0) is 23.3 Å². The minimum atomic E-state index is -0.157. The van der Waals surface area contributed by atoms with Crippen molar-refractivity contribution in [3.05, 3.63) is 62.0 Å². The molecule has 0 saturated carbocycles. The Morgan fingerprint density at radius 3 is 2.42 bits per heavy atom. The molecule has 1 aliphatic heterocycles. The Hall–Kier alpha value is -2.38. The zero-order chi connectivity index (χ0) is 25.7. The summed E-state index contributed by atoms with van der Waals surface area (Å²) in [5.41, 5.74) is 7.20. The van der Waals surface area contributed by atoms with Gasteiger partial charge in [0.25, 0.3) is 0 Å². The van der Waals surface area contributed by atoms with Gasteiger partial charge in [-0.1, -0.05) is 70.7 Å². The summed E-state index contributed by atoms with van der Waals surface area (Å²) in [5.74, 6) is 2.31. The Bertz CT molecular complexity index is 721. The average Bonchev–Trinajstić information content (AvgIpc) is 2.83. The maximum absolute atomic E-state index is 9.96. The molecule has 0 saturated heterocycles. The van der Waals surface area contributed by atoms with E-state index in [0.717, 1.165) is 41.1 Å². The van der Waals surface area contributed by atoms with Crippen LogP contribution in [0.5, 0.6) is 0 Å². The fraction of sp³-hybridized carbons (Fsp3) is 0.500. The van der Waals surface area contributed by atoms with Crippen LogP contribution in [0.25, 0.3) is 0 Å². The van der Waals surface area contributed by atoms with Crippen LogP contribution >= 0.6 is 11.8 Å². The van der Waals surface area contributed by atoms with Crippen LogP contribution in [0, 0.1) is 11.3 Å². The zero-order valence-electron chi connectivity index (χ0n) is 21.4. The van der Waals surface area contributed by atoms with Crippen molar-refractivity contribution >= 4 is 23.5 Å². The Morgan fingerprint density at radius 1 is 1.33 bits per heavy atom. The third-order valence-electron chi connectivity index (χ3n) is 4.70. The predicted octanol–water partition coefficient (Wildman–Crippen LogP) is 6.05. The molecule has 2 rings (SSSR count). The quantitative estimate of drug-likeness (QED) is 0.404. The molecule has 0 aromatic carbocycles. The lowest BCUT2D eigenvalue weighted by Crippen LogP contribution is -2.16. The molecule has 1 aliphatic rings. The highest BCUT2D eigenvalue weighted by Gasteiger charge is 2.17. The molecule has 1 aromatic rings. The Balaban J connectivity index is 0. The van der Waals surface area contributed by atoms with Crippen molar-refractivity contribution in [3.63, 3.8) is 0 Å². The van der Waals surface area contributed by atoms with Gasteiger partial charge in [0.2, 0.25) is 0 Å². The van der Waals surface area contributed by atoms with Gasteiger partial charge in [0.05, 0.1) is 7.11 Å². The maximum atomic E-state index is 9.96. The molecule has 0 radical (unpaired) electrons. The smallest absolute Gasteiger partial charge is 0.305 e. The van der Waals surface area contributed by atoms with Crippen molar-refractivity contribution in [2.45, 2.75) is 52.5 Å². The summed E-state index contributed by atoms with van der Waals surface area (Å²) in [5, 5.41) is 4.18. The van der Waals surface area contributed by atoms with Gasteiger partial charge in [-0.2, -0.15) is 0 Å². The number of carbonyl (C=O) groups is 1. The Morgan fingerprint density at radius 2 is 1.97 bits per heavy atom. The lowest BCUT2D eigenvalue weighted by Gasteiger charge is -2.25. The number of carbonyl (C=O) groups excluding carboxylic acids is 1. The van der Waals surface area contributed by atoms with Gasteiger partial charge in [0.1, 0.15) is 5.03 Å². The van der Waals surface area contributed by atoms with Gasteiger partial charge in [-0.25, -0.2) is 9.97 Å². The van der Waals surface area contributed by atoms with Crippen LogP contribution in [-0.2, 0) is 9.53 Å². The molecule has 3 N–H and O–H groups in total. The molecule has 7 heteroatoms. The van der Waals surface area contributed by atoms with Crippen LogP contribution < -0.4 is 11.1 Å². The van der Waals surface area contributed by atoms with Gasteiger partial charge in [0, 0.05) is 37.7 Å². The van der Waals surface area contributed by atoms with Gasteiger partial charge < -0.3 is 15.8 Å². The van der Waals surface area contributed by atoms with Crippen molar-refractivity contribution in [2.24, 2.45) is 17.1 Å². The monoisotopic (exact) mass is 476 g/mol. The molecule has 6 nitrogen and oxygen atoms in total. The first-order valence-electron chi connectivity index (χ1n) is 11.1. The van der Waals surface area contributed by atoms with E-state index in [4.69, 9.17) is 5.73 Å². The molecule has 0 aliphatic carbocycles. The first-order chi connectivity index (χ1) is 15.7. The van der Waals surface area contributed by atoms with E-state index >= 15 is 0 Å². The number of thioether (sulfide) groups is 1. The summed E-state index contributed by atoms with van der Waals surface area (Å²) in [6, 6.07) is 0. The molecule has 0 amide bonds. The van der Waals surface area contributed by atoms with E-state index in [2.05, 4.69) is 85.7 Å². The lowest BCUT2D eigenvalue weighted by molar-refractivity contribution is -0.140. The van der Waals surface area contributed by atoms with Gasteiger partial charge in [-0.15, -0.1) is 19.7 Å². The Labute approximate surface area is 205 Å². The number of hydrogen-bond acceptors (Lipinski definition) is 7. The molecule has 2 heterocycles. The van der Waals surface area contributed by atoms with E-state index in [0.29, 0.717) is 18.4 Å². The largest absolute Gasteiger partial charge is 0.469 e. The first kappa shape index (κ1) is 32.8. The van der Waals surface area contributed by atoms with E-state index in [1.54, 1.807) is 31.1 Å². The molecule has 0 spiro atoms. The minimum absolute atomic E-state index is 0.157. The number of nitrogens with zero attached hydrogens (tertiary/aromatic N) is 2. The topological polar surface area (TPSA) is 90.1 Å². The summed E-state index contributed by atoms with van der Waals surface area (Å²) in [7, 11) is 1.38. The molecule has 186 valence electrons. The third-order valence-corrected chi connectivity index (χ3v) is 5.63. The van der Waals surface area contributed by atoms with Gasteiger partial charge in [-0.3, -0.25) is 4.79 Å². The van der Waals surface area contributed by atoms with Crippen molar-refractivity contribution in [2.75, 3.05) is 31.3 Å². The summed E-state index contributed by atoms with van der Waals surface area (Å²) in [6.45, 7) is 21.8. The predicted molar refractivity (Wildman–Crippen MR) is 145 cm³/mol. The third kappa shape index (κ3) is 16.8. The Kier molecular flexibility index (Phi) is 20.1. The second-order valence-electron chi connectivity index (χ2n) is 8.01. The van der Waals surface area contributed by atoms with Crippen LogP contribution in [0.3, 0.4) is 0 Å². The van der Waals surface area contributed by atoms with E-state index in [1.807, 2.05) is 6.08 Å². The number of nitrogens with two attached hydrogens (primary N) is 1. The van der Waals surface area contributed by atoms with Gasteiger partial charge in [0.15, 0.2) is 5.82 Å². The maximum Gasteiger partial charge on any atom is 0.305 e. The standard InChI is InChI=1S/C11H14N4S.C9H18.C4H8O2.C2H4/c12-8-9-2-1-7-16-11-10(13-4-3-9)14-5-6-15-11;1-6-7-8(2)9(3,4)5;1-3-4(5)6-2;1-2/h1-3,5-6H,4,7-8,12H2,(H,13,14);6,8H,1,7H2,2-5H3;3H2,1-2H3;1-2H2/b2-1-,9-3+;;;. The number of methoxy groups -OCH3 is 1. The number of allylic oxidation sites excluding steroid dienone is 1. The lowest BCUT2D eigenvalue weighted by atomic mass is 9.80. The highest BCUT2D eigenvalue weighted by molar-refractivity contribution is 7.99. The van der Waals surface area contributed by atoms with E-state index in [-0.39, 0.29) is 5.97 Å². The van der Waals surface area contributed by atoms with Crippen molar-refractivity contribution < 1.29 is 9.53 Å². The number of ether oxygens (including phenoxy) is 1. The molecular weight excluding hydrogens is 432 g/mol. The number of rotatable bonds is 4. The molecule has 33 heavy (non-hydrogen) atoms. The number of aromatic nitrogens is 2. The zero-order valence-corrected chi connectivity index (χ0v) is 22.2. The van der Waals surface area contributed by atoms with Crippen LogP contribution in [0.1, 0.15) is 47.5 Å². The summed E-state index contributed by atoms with van der Waals surface area (Å²) >= 11 is 1.67. The van der Waals surface area contributed by atoms with Gasteiger partial charge >= 0.3 is 5.97 Å². The van der Waals surface area contributed by atoms with Crippen molar-refractivity contribution in [1.82, 2.24) is 9.97 Å². The van der Waals surface area contributed by atoms with Crippen molar-refractivity contribution in [1.29, 1.82) is 0 Å². The number of esters is 1. The molecule has 1 atom stereocenters. The molecular formula is C26H44N4O2S. The summed E-state index contributed by atoms with van der Waals surface area (Å²) in [4.78, 5) is 18.5. The van der Waals surface area contributed by atoms with Crippen LogP contribution in [0.2, 0.25) is 0 Å². The fourth-order valence-electron chi connectivity index (χ4n) is 2.12. The number of hydrogen-bond donors (Lipinski definition) is 2. The highest BCUT2D eigenvalue weighted by Crippen LogP contribution is 2.27. The normalized spacial score (nSPS) is 15.9. The molecule has 0 bridgehead atoms.